The molecule has 2 nitrogen and oxygen atoms in total. The van der Waals surface area contributed by atoms with Gasteiger partial charge < -0.3 is 4.74 Å². The summed E-state index contributed by atoms with van der Waals surface area (Å²) in [6.07, 6.45) is 0. The molecule has 1 heterocycles. The third kappa shape index (κ3) is 2.73. The molecule has 0 amide bonds. The molecular weight excluding hydrogens is 270 g/mol. The van der Waals surface area contributed by atoms with E-state index >= 15 is 0 Å². The quantitative estimate of drug-likeness (QED) is 0.657. The Morgan fingerprint density at radius 2 is 1.32 bits per heavy atom. The number of benzene rings is 2. The van der Waals surface area contributed by atoms with Crippen LogP contribution in [-0.2, 0) is 0 Å². The SMILES string of the molecule is COc1ccc(-c2cc(C)[n+](-c3ccccc3)c(C)c2)cc1. The molecule has 0 N–H and O–H groups in total. The molecule has 0 saturated carbocycles. The Morgan fingerprint density at radius 1 is 0.727 bits per heavy atom. The highest BCUT2D eigenvalue weighted by atomic mass is 16.5. The molecule has 0 aliphatic heterocycles. The van der Waals surface area contributed by atoms with Crippen molar-refractivity contribution in [3.8, 4) is 22.6 Å². The van der Waals surface area contributed by atoms with E-state index < -0.39 is 0 Å². The minimum absolute atomic E-state index is 0.882. The molecule has 22 heavy (non-hydrogen) atoms. The van der Waals surface area contributed by atoms with Crippen molar-refractivity contribution in [2.45, 2.75) is 13.8 Å². The number of aryl methyl sites for hydroxylation is 2. The second-order valence-corrected chi connectivity index (χ2v) is 5.43. The fourth-order valence-electron chi connectivity index (χ4n) is 2.83. The van der Waals surface area contributed by atoms with Crippen LogP contribution in [0.25, 0.3) is 16.8 Å². The van der Waals surface area contributed by atoms with E-state index in [1.165, 1.54) is 28.2 Å². The van der Waals surface area contributed by atoms with Crippen LogP contribution in [-0.4, -0.2) is 7.11 Å². The van der Waals surface area contributed by atoms with Crippen molar-refractivity contribution < 1.29 is 9.30 Å². The first-order valence-corrected chi connectivity index (χ1v) is 7.42. The van der Waals surface area contributed by atoms with Gasteiger partial charge in [0.1, 0.15) is 5.75 Å². The normalized spacial score (nSPS) is 10.5. The Labute approximate surface area is 131 Å². The molecule has 2 heteroatoms. The van der Waals surface area contributed by atoms with E-state index in [4.69, 9.17) is 4.74 Å². The highest BCUT2D eigenvalue weighted by Gasteiger charge is 2.15. The van der Waals surface area contributed by atoms with Crippen molar-refractivity contribution in [3.63, 3.8) is 0 Å². The lowest BCUT2D eigenvalue weighted by Gasteiger charge is -2.08. The number of methoxy groups -OCH3 is 1. The van der Waals surface area contributed by atoms with Gasteiger partial charge in [-0.25, -0.2) is 0 Å². The summed E-state index contributed by atoms with van der Waals surface area (Å²) in [5.41, 5.74) is 6.06. The molecule has 2 aromatic carbocycles. The van der Waals surface area contributed by atoms with E-state index in [9.17, 15) is 0 Å². The van der Waals surface area contributed by atoms with Crippen LogP contribution < -0.4 is 9.30 Å². The summed E-state index contributed by atoms with van der Waals surface area (Å²) in [6, 6.07) is 23.1. The summed E-state index contributed by atoms with van der Waals surface area (Å²) in [5.74, 6) is 0.882. The van der Waals surface area contributed by atoms with E-state index in [1.807, 2.05) is 18.2 Å². The predicted octanol–water partition coefficient (Wildman–Crippen LogP) is 4.26. The summed E-state index contributed by atoms with van der Waals surface area (Å²) in [4.78, 5) is 0. The van der Waals surface area contributed by atoms with Gasteiger partial charge in [0, 0.05) is 38.1 Å². The van der Waals surface area contributed by atoms with Gasteiger partial charge in [-0.15, -0.1) is 0 Å². The van der Waals surface area contributed by atoms with Crippen molar-refractivity contribution in [2.75, 3.05) is 7.11 Å². The Morgan fingerprint density at radius 3 is 1.86 bits per heavy atom. The van der Waals surface area contributed by atoms with Gasteiger partial charge in [-0.2, -0.15) is 4.57 Å². The molecule has 0 fully saturated rings. The number of ether oxygens (including phenoxy) is 1. The van der Waals surface area contributed by atoms with Crippen LogP contribution in [0.15, 0.2) is 66.7 Å². The van der Waals surface area contributed by atoms with Crippen LogP contribution in [0, 0.1) is 13.8 Å². The first kappa shape index (κ1) is 14.3. The maximum atomic E-state index is 5.23. The average molecular weight is 290 g/mol. The fraction of sp³-hybridized carbons (Fsp3) is 0.150. The number of rotatable bonds is 3. The van der Waals surface area contributed by atoms with Crippen molar-refractivity contribution in [1.82, 2.24) is 0 Å². The number of hydrogen-bond donors (Lipinski definition) is 0. The molecule has 0 bridgehead atoms. The van der Waals surface area contributed by atoms with Gasteiger partial charge in [-0.1, -0.05) is 30.3 Å². The monoisotopic (exact) mass is 290 g/mol. The summed E-state index contributed by atoms with van der Waals surface area (Å²) in [5, 5.41) is 0. The molecule has 110 valence electrons. The molecule has 0 radical (unpaired) electrons. The summed E-state index contributed by atoms with van der Waals surface area (Å²) in [6.45, 7) is 4.29. The Bertz CT molecular complexity index is 754. The highest BCUT2D eigenvalue weighted by molar-refractivity contribution is 5.64. The largest absolute Gasteiger partial charge is 0.497 e. The van der Waals surface area contributed by atoms with Crippen molar-refractivity contribution in [1.29, 1.82) is 0 Å². The molecule has 1 aromatic heterocycles. The third-order valence-corrected chi connectivity index (χ3v) is 3.87. The molecule has 0 aliphatic carbocycles. The smallest absolute Gasteiger partial charge is 0.211 e. The number of para-hydroxylation sites is 1. The van der Waals surface area contributed by atoms with E-state index in [2.05, 4.69) is 66.9 Å². The van der Waals surface area contributed by atoms with Crippen LogP contribution >= 0.6 is 0 Å². The highest BCUT2D eigenvalue weighted by Crippen LogP contribution is 2.23. The second-order valence-electron chi connectivity index (χ2n) is 5.43. The van der Waals surface area contributed by atoms with E-state index in [1.54, 1.807) is 7.11 Å². The minimum Gasteiger partial charge on any atom is -0.497 e. The van der Waals surface area contributed by atoms with E-state index in [0.717, 1.165) is 5.75 Å². The Hall–Kier alpha value is -2.61. The molecule has 0 spiro atoms. The molecule has 0 aliphatic rings. The van der Waals surface area contributed by atoms with Gasteiger partial charge in [-0.05, 0) is 23.3 Å². The van der Waals surface area contributed by atoms with Crippen LogP contribution in [0.3, 0.4) is 0 Å². The average Bonchev–Trinajstić information content (AvgIpc) is 2.55. The number of nitrogens with zero attached hydrogens (tertiary/aromatic N) is 1. The maximum absolute atomic E-state index is 5.23. The van der Waals surface area contributed by atoms with Crippen LogP contribution in [0.4, 0.5) is 0 Å². The lowest BCUT2D eigenvalue weighted by Crippen LogP contribution is -2.37. The van der Waals surface area contributed by atoms with Gasteiger partial charge in [0.25, 0.3) is 0 Å². The van der Waals surface area contributed by atoms with E-state index in [-0.39, 0.29) is 0 Å². The molecule has 0 unspecified atom stereocenters. The van der Waals surface area contributed by atoms with Crippen LogP contribution in [0.2, 0.25) is 0 Å². The summed E-state index contributed by atoms with van der Waals surface area (Å²) in [7, 11) is 1.69. The molecular formula is C20H20NO+. The third-order valence-electron chi connectivity index (χ3n) is 3.87. The summed E-state index contributed by atoms with van der Waals surface area (Å²) >= 11 is 0. The molecule has 0 atom stereocenters. The zero-order chi connectivity index (χ0) is 15.5. The van der Waals surface area contributed by atoms with Crippen LogP contribution in [0.1, 0.15) is 11.4 Å². The van der Waals surface area contributed by atoms with Gasteiger partial charge in [-0.3, -0.25) is 0 Å². The van der Waals surface area contributed by atoms with Crippen molar-refractivity contribution >= 4 is 0 Å². The molecule has 0 saturated heterocycles. The lowest BCUT2D eigenvalue weighted by atomic mass is 10.0. The first-order chi connectivity index (χ1) is 10.7. The Balaban J connectivity index is 2.05. The topological polar surface area (TPSA) is 13.1 Å². The fourth-order valence-corrected chi connectivity index (χ4v) is 2.83. The lowest BCUT2D eigenvalue weighted by molar-refractivity contribution is -0.609. The first-order valence-electron chi connectivity index (χ1n) is 7.42. The Kier molecular flexibility index (Phi) is 3.92. The van der Waals surface area contributed by atoms with E-state index in [0.29, 0.717) is 0 Å². The zero-order valence-electron chi connectivity index (χ0n) is 13.2. The number of aromatic nitrogens is 1. The number of pyridine rings is 1. The van der Waals surface area contributed by atoms with Gasteiger partial charge >= 0.3 is 0 Å². The zero-order valence-corrected chi connectivity index (χ0v) is 13.2. The van der Waals surface area contributed by atoms with Crippen molar-refractivity contribution in [3.05, 3.63) is 78.1 Å². The van der Waals surface area contributed by atoms with Gasteiger partial charge in [0.15, 0.2) is 11.4 Å². The van der Waals surface area contributed by atoms with Gasteiger partial charge in [0.05, 0.1) is 7.11 Å². The minimum atomic E-state index is 0.882. The predicted molar refractivity (Wildman–Crippen MR) is 89.4 cm³/mol. The second kappa shape index (κ2) is 6.02. The summed E-state index contributed by atoms with van der Waals surface area (Å²) < 4.78 is 7.50. The van der Waals surface area contributed by atoms with Crippen molar-refractivity contribution in [2.24, 2.45) is 0 Å². The molecule has 3 aromatic rings. The standard InChI is InChI=1S/C20H20NO/c1-15-13-18(17-9-11-20(22-3)12-10-17)14-16(2)21(15)19-7-5-4-6-8-19/h4-14H,1-3H3/q+1. The van der Waals surface area contributed by atoms with Crippen LogP contribution in [0.5, 0.6) is 5.75 Å². The number of hydrogen-bond acceptors (Lipinski definition) is 1. The molecule has 3 rings (SSSR count). The van der Waals surface area contributed by atoms with Gasteiger partial charge in [0.2, 0.25) is 5.69 Å². The maximum Gasteiger partial charge on any atom is 0.211 e.